The van der Waals surface area contributed by atoms with Crippen LogP contribution in [0.2, 0.25) is 0 Å². The van der Waals surface area contributed by atoms with Crippen LogP contribution in [0.4, 0.5) is 0 Å². The average Bonchev–Trinajstić information content (AvgIpc) is 2.46. The molecule has 1 atom stereocenters. The molecule has 0 saturated heterocycles. The lowest BCUT2D eigenvalue weighted by molar-refractivity contribution is 0.282. The van der Waals surface area contributed by atoms with Gasteiger partial charge in [0, 0.05) is 6.61 Å². The molecule has 1 nitrogen and oxygen atoms in total. The van der Waals surface area contributed by atoms with E-state index in [-0.39, 0.29) is 0 Å². The van der Waals surface area contributed by atoms with E-state index in [1.54, 1.807) is 0 Å². The van der Waals surface area contributed by atoms with E-state index >= 15 is 0 Å². The van der Waals surface area contributed by atoms with E-state index in [1.807, 2.05) is 0 Å². The molecule has 0 aromatic heterocycles. The fourth-order valence-corrected chi connectivity index (χ4v) is 2.89. The van der Waals surface area contributed by atoms with Gasteiger partial charge in [0.15, 0.2) is 0 Å². The summed E-state index contributed by atoms with van der Waals surface area (Å²) in [5, 5.41) is 8.69. The Morgan fingerprint density at radius 3 is 1.45 bits per heavy atom. The summed E-state index contributed by atoms with van der Waals surface area (Å²) in [5.74, 6) is 0.953. The normalized spacial score (nSPS) is 12.8. The molecular formula is C19H40O. The zero-order valence-electron chi connectivity index (χ0n) is 14.3. The van der Waals surface area contributed by atoms with Crippen molar-refractivity contribution in [3.63, 3.8) is 0 Å². The maximum atomic E-state index is 8.69. The topological polar surface area (TPSA) is 20.2 Å². The Balaban J connectivity index is 3.02. The van der Waals surface area contributed by atoms with Gasteiger partial charge in [-0.2, -0.15) is 0 Å². The molecule has 0 saturated carbocycles. The monoisotopic (exact) mass is 284 g/mol. The van der Waals surface area contributed by atoms with Crippen molar-refractivity contribution < 1.29 is 5.11 Å². The van der Waals surface area contributed by atoms with E-state index in [4.69, 9.17) is 5.11 Å². The van der Waals surface area contributed by atoms with Gasteiger partial charge in [-0.15, -0.1) is 0 Å². The molecule has 0 bridgehead atoms. The van der Waals surface area contributed by atoms with Gasteiger partial charge in [-0.25, -0.2) is 0 Å². The predicted octanol–water partition coefficient (Wildman–Crippen LogP) is 6.49. The lowest BCUT2D eigenvalue weighted by Crippen LogP contribution is -1.94. The molecule has 122 valence electrons. The standard InChI is InChI=1S/C19H40O/c1-3-4-16-19(2)17-14-12-10-8-6-5-7-9-11-13-15-18-20/h19-20H,3-18H2,1-2H3/t19-/m0/s1. The second-order valence-corrected chi connectivity index (χ2v) is 6.65. The van der Waals surface area contributed by atoms with Crippen molar-refractivity contribution in [2.45, 2.75) is 110 Å². The average molecular weight is 285 g/mol. The molecule has 0 aromatic carbocycles. The van der Waals surface area contributed by atoms with Crippen molar-refractivity contribution >= 4 is 0 Å². The third-order valence-corrected chi connectivity index (χ3v) is 4.41. The summed E-state index contributed by atoms with van der Waals surface area (Å²) >= 11 is 0. The minimum Gasteiger partial charge on any atom is -0.396 e. The summed E-state index contributed by atoms with van der Waals surface area (Å²) in [6.45, 7) is 5.09. The van der Waals surface area contributed by atoms with Crippen LogP contribution in [0.1, 0.15) is 110 Å². The quantitative estimate of drug-likeness (QED) is 0.321. The Morgan fingerprint density at radius 2 is 1.00 bits per heavy atom. The van der Waals surface area contributed by atoms with Crippen molar-refractivity contribution in [3.8, 4) is 0 Å². The van der Waals surface area contributed by atoms with Crippen molar-refractivity contribution in [1.82, 2.24) is 0 Å². The van der Waals surface area contributed by atoms with E-state index in [2.05, 4.69) is 13.8 Å². The first kappa shape index (κ1) is 20.0. The molecule has 20 heavy (non-hydrogen) atoms. The van der Waals surface area contributed by atoms with E-state index in [9.17, 15) is 0 Å². The van der Waals surface area contributed by atoms with Crippen LogP contribution in [0.3, 0.4) is 0 Å². The van der Waals surface area contributed by atoms with Crippen LogP contribution < -0.4 is 0 Å². The molecular weight excluding hydrogens is 244 g/mol. The van der Waals surface area contributed by atoms with Crippen LogP contribution >= 0.6 is 0 Å². The lowest BCUT2D eigenvalue weighted by atomic mass is 9.97. The summed E-state index contributed by atoms with van der Waals surface area (Å²) in [7, 11) is 0. The molecule has 0 rings (SSSR count). The van der Waals surface area contributed by atoms with E-state index < -0.39 is 0 Å². The van der Waals surface area contributed by atoms with Gasteiger partial charge in [0.2, 0.25) is 0 Å². The Labute approximate surface area is 128 Å². The van der Waals surface area contributed by atoms with Crippen molar-refractivity contribution in [1.29, 1.82) is 0 Å². The molecule has 0 aromatic rings. The molecule has 0 amide bonds. The zero-order chi connectivity index (χ0) is 14.9. The Morgan fingerprint density at radius 1 is 0.600 bits per heavy atom. The number of aliphatic hydroxyl groups is 1. The Kier molecular flexibility index (Phi) is 17.0. The third kappa shape index (κ3) is 16.0. The fraction of sp³-hybridized carbons (Fsp3) is 1.00. The van der Waals surface area contributed by atoms with Crippen molar-refractivity contribution in [2.24, 2.45) is 5.92 Å². The van der Waals surface area contributed by atoms with Gasteiger partial charge in [0.25, 0.3) is 0 Å². The second-order valence-electron chi connectivity index (χ2n) is 6.65. The highest BCUT2D eigenvalue weighted by Crippen LogP contribution is 2.17. The summed E-state index contributed by atoms with van der Waals surface area (Å²) in [6.07, 6.45) is 20.6. The molecule has 0 unspecified atom stereocenters. The maximum Gasteiger partial charge on any atom is 0.0431 e. The highest BCUT2D eigenvalue weighted by molar-refractivity contribution is 4.54. The number of hydrogen-bond donors (Lipinski definition) is 1. The van der Waals surface area contributed by atoms with Gasteiger partial charge in [-0.05, 0) is 12.3 Å². The van der Waals surface area contributed by atoms with Gasteiger partial charge in [0.05, 0.1) is 0 Å². The molecule has 0 fully saturated rings. The van der Waals surface area contributed by atoms with Crippen LogP contribution in [-0.4, -0.2) is 11.7 Å². The van der Waals surface area contributed by atoms with Gasteiger partial charge in [0.1, 0.15) is 0 Å². The van der Waals surface area contributed by atoms with Crippen molar-refractivity contribution in [3.05, 3.63) is 0 Å². The highest BCUT2D eigenvalue weighted by atomic mass is 16.2. The fourth-order valence-electron chi connectivity index (χ4n) is 2.89. The first-order valence-electron chi connectivity index (χ1n) is 9.42. The summed E-state index contributed by atoms with van der Waals surface area (Å²) in [6, 6.07) is 0. The van der Waals surface area contributed by atoms with Crippen LogP contribution in [0.5, 0.6) is 0 Å². The number of hydrogen-bond acceptors (Lipinski definition) is 1. The summed E-state index contributed by atoms with van der Waals surface area (Å²) < 4.78 is 0. The number of unbranched alkanes of at least 4 members (excludes halogenated alkanes) is 11. The minimum atomic E-state index is 0.372. The van der Waals surface area contributed by atoms with E-state index in [0.29, 0.717) is 6.61 Å². The van der Waals surface area contributed by atoms with Crippen LogP contribution in [-0.2, 0) is 0 Å². The second kappa shape index (κ2) is 17.0. The van der Waals surface area contributed by atoms with E-state index in [1.165, 1.54) is 89.9 Å². The molecule has 0 radical (unpaired) electrons. The smallest absolute Gasteiger partial charge is 0.0431 e. The third-order valence-electron chi connectivity index (χ3n) is 4.41. The van der Waals surface area contributed by atoms with Gasteiger partial charge in [-0.3, -0.25) is 0 Å². The zero-order valence-corrected chi connectivity index (χ0v) is 14.3. The van der Waals surface area contributed by atoms with Gasteiger partial charge >= 0.3 is 0 Å². The molecule has 0 aliphatic heterocycles. The largest absolute Gasteiger partial charge is 0.396 e. The summed E-state index contributed by atoms with van der Waals surface area (Å²) in [5.41, 5.74) is 0. The molecule has 0 spiro atoms. The first-order chi connectivity index (χ1) is 9.81. The van der Waals surface area contributed by atoms with E-state index in [0.717, 1.165) is 12.3 Å². The molecule has 0 heterocycles. The number of rotatable bonds is 16. The lowest BCUT2D eigenvalue weighted by Gasteiger charge is -2.10. The van der Waals surface area contributed by atoms with Crippen molar-refractivity contribution in [2.75, 3.05) is 6.61 Å². The molecule has 1 N–H and O–H groups in total. The van der Waals surface area contributed by atoms with Crippen LogP contribution in [0.25, 0.3) is 0 Å². The SMILES string of the molecule is CCCC[C@H](C)CCCCCCCCCCCCCO. The number of aliphatic hydroxyl groups excluding tert-OH is 1. The minimum absolute atomic E-state index is 0.372. The predicted molar refractivity (Wildman–Crippen MR) is 91.2 cm³/mol. The molecule has 0 aliphatic rings. The van der Waals surface area contributed by atoms with Gasteiger partial charge < -0.3 is 5.11 Å². The Bertz CT molecular complexity index is 167. The maximum absolute atomic E-state index is 8.69. The van der Waals surface area contributed by atoms with Crippen LogP contribution in [0, 0.1) is 5.92 Å². The summed E-state index contributed by atoms with van der Waals surface area (Å²) in [4.78, 5) is 0. The first-order valence-corrected chi connectivity index (χ1v) is 9.42. The van der Waals surface area contributed by atoms with Crippen LogP contribution in [0.15, 0.2) is 0 Å². The highest BCUT2D eigenvalue weighted by Gasteiger charge is 2.00. The molecule has 0 aliphatic carbocycles. The Hall–Kier alpha value is -0.0400. The van der Waals surface area contributed by atoms with Gasteiger partial charge in [-0.1, -0.05) is 104 Å². The molecule has 1 heteroatoms.